The quantitative estimate of drug-likeness (QED) is 0.261. The van der Waals surface area contributed by atoms with Crippen LogP contribution in [-0.2, 0) is 9.47 Å². The van der Waals surface area contributed by atoms with Gasteiger partial charge in [0.05, 0.1) is 13.2 Å². The van der Waals surface area contributed by atoms with Gasteiger partial charge >= 0.3 is 0 Å². The van der Waals surface area contributed by atoms with Gasteiger partial charge in [-0.15, -0.1) is 13.2 Å². The lowest BCUT2D eigenvalue weighted by molar-refractivity contribution is 0.0513. The van der Waals surface area contributed by atoms with Crippen molar-refractivity contribution >= 4 is 0 Å². The summed E-state index contributed by atoms with van der Waals surface area (Å²) >= 11 is 0. The van der Waals surface area contributed by atoms with Gasteiger partial charge in [-0.3, -0.25) is 0 Å². The zero-order valence-corrected chi connectivity index (χ0v) is 17.5. The lowest BCUT2D eigenvalue weighted by atomic mass is 10.2. The molecule has 0 spiro atoms. The molecule has 0 aromatic rings. The molecule has 0 radical (unpaired) electrons. The fraction of sp³-hybridized carbons (Fsp3) is 0.714. The van der Waals surface area contributed by atoms with Gasteiger partial charge in [-0.25, -0.2) is 0 Å². The van der Waals surface area contributed by atoms with Gasteiger partial charge in [0.2, 0.25) is 0 Å². The Bertz CT molecular complexity index is 228. The summed E-state index contributed by atoms with van der Waals surface area (Å²) in [7, 11) is 0. The first kappa shape index (κ1) is 30.9. The molecule has 0 saturated carbocycles. The Balaban J connectivity index is -0.000000297. The molecule has 0 fully saturated rings. The standard InChI is InChI=1S/C15H29NO2.2C2H6.C2H4/c1-4-15(5-2)14-16-10-8-7-9-11-18-13-12-17-6-3;3*1-2/h4-5,16H,1,6-14H2,2-3H3;2*1-2H3;1-2H2/b15-5+;;;. The summed E-state index contributed by atoms with van der Waals surface area (Å²) in [6.45, 7) is 26.8. The summed E-state index contributed by atoms with van der Waals surface area (Å²) in [6, 6.07) is 0. The van der Waals surface area contributed by atoms with Crippen LogP contribution in [-0.4, -0.2) is 39.5 Å². The highest BCUT2D eigenvalue weighted by Crippen LogP contribution is 1.96. The maximum atomic E-state index is 5.45. The average Bonchev–Trinajstić information content (AvgIpc) is 2.68. The highest BCUT2D eigenvalue weighted by Gasteiger charge is 1.93. The van der Waals surface area contributed by atoms with Crippen LogP contribution in [0.1, 0.15) is 60.8 Å². The van der Waals surface area contributed by atoms with E-state index in [-0.39, 0.29) is 0 Å². The highest BCUT2D eigenvalue weighted by atomic mass is 16.5. The predicted octanol–water partition coefficient (Wildman–Crippen LogP) is 5.79. The van der Waals surface area contributed by atoms with E-state index in [1.165, 1.54) is 18.4 Å². The number of unbranched alkanes of at least 4 members (excludes halogenated alkanes) is 2. The van der Waals surface area contributed by atoms with Crippen LogP contribution < -0.4 is 5.32 Å². The molecule has 0 atom stereocenters. The summed E-state index contributed by atoms with van der Waals surface area (Å²) in [5.41, 5.74) is 1.26. The van der Waals surface area contributed by atoms with Crippen LogP contribution in [0.2, 0.25) is 0 Å². The van der Waals surface area contributed by atoms with Crippen molar-refractivity contribution in [1.82, 2.24) is 5.32 Å². The molecule has 0 aliphatic carbocycles. The van der Waals surface area contributed by atoms with Crippen LogP contribution in [0.3, 0.4) is 0 Å². The third kappa shape index (κ3) is 32.9. The van der Waals surface area contributed by atoms with Gasteiger partial charge in [-0.1, -0.05) is 46.4 Å². The van der Waals surface area contributed by atoms with Crippen molar-refractivity contribution in [3.8, 4) is 0 Å². The molecule has 146 valence electrons. The SMILES string of the molecule is C=C.C=C/C(=C\C)CNCCCCCOCCOCC.CC.CC. The normalized spacial score (nSPS) is 9.50. The van der Waals surface area contributed by atoms with Crippen molar-refractivity contribution in [3.63, 3.8) is 0 Å². The zero-order chi connectivity index (χ0) is 19.5. The van der Waals surface area contributed by atoms with E-state index >= 15 is 0 Å². The predicted molar refractivity (Wildman–Crippen MR) is 112 cm³/mol. The fourth-order valence-electron chi connectivity index (χ4n) is 1.52. The highest BCUT2D eigenvalue weighted by molar-refractivity contribution is 5.16. The molecule has 0 heterocycles. The Morgan fingerprint density at radius 1 is 0.917 bits per heavy atom. The van der Waals surface area contributed by atoms with Crippen LogP contribution >= 0.6 is 0 Å². The van der Waals surface area contributed by atoms with Crippen LogP contribution in [0, 0.1) is 0 Å². The lowest BCUT2D eigenvalue weighted by Gasteiger charge is -2.06. The minimum atomic E-state index is 0.714. The topological polar surface area (TPSA) is 30.5 Å². The van der Waals surface area contributed by atoms with Gasteiger partial charge in [0.1, 0.15) is 0 Å². The van der Waals surface area contributed by atoms with E-state index in [1.54, 1.807) is 0 Å². The number of hydrogen-bond donors (Lipinski definition) is 1. The molecular weight excluding hydrogens is 298 g/mol. The molecule has 0 aliphatic rings. The average molecular weight is 344 g/mol. The van der Waals surface area contributed by atoms with E-state index in [0.29, 0.717) is 6.61 Å². The molecule has 0 aromatic heterocycles. The van der Waals surface area contributed by atoms with Crippen molar-refractivity contribution < 1.29 is 9.47 Å². The first-order valence-corrected chi connectivity index (χ1v) is 9.49. The van der Waals surface area contributed by atoms with Crippen LogP contribution in [0.15, 0.2) is 37.5 Å². The molecule has 0 unspecified atom stereocenters. The van der Waals surface area contributed by atoms with Crippen LogP contribution in [0.5, 0.6) is 0 Å². The maximum Gasteiger partial charge on any atom is 0.0700 e. The Kier molecular flexibility index (Phi) is 48.9. The summed E-state index contributed by atoms with van der Waals surface area (Å²) in [5, 5.41) is 3.41. The van der Waals surface area contributed by atoms with Crippen molar-refractivity contribution in [2.45, 2.75) is 60.8 Å². The molecule has 0 rings (SSSR count). The largest absolute Gasteiger partial charge is 0.379 e. The zero-order valence-electron chi connectivity index (χ0n) is 17.5. The Morgan fingerprint density at radius 2 is 1.50 bits per heavy atom. The van der Waals surface area contributed by atoms with E-state index in [1.807, 2.05) is 47.6 Å². The monoisotopic (exact) mass is 343 g/mol. The van der Waals surface area contributed by atoms with E-state index in [2.05, 4.69) is 31.1 Å². The number of hydrogen-bond acceptors (Lipinski definition) is 3. The van der Waals surface area contributed by atoms with Crippen molar-refractivity contribution in [2.75, 3.05) is 39.5 Å². The summed E-state index contributed by atoms with van der Waals surface area (Å²) in [4.78, 5) is 0. The van der Waals surface area contributed by atoms with Crippen LogP contribution in [0.4, 0.5) is 0 Å². The van der Waals surface area contributed by atoms with E-state index in [9.17, 15) is 0 Å². The number of ether oxygens (including phenoxy) is 2. The van der Waals surface area contributed by atoms with Gasteiger partial charge in [0, 0.05) is 19.8 Å². The molecule has 0 aliphatic heterocycles. The number of nitrogens with one attached hydrogen (secondary N) is 1. The Hall–Kier alpha value is -0.900. The molecule has 0 amide bonds. The van der Waals surface area contributed by atoms with E-state index in [0.717, 1.165) is 39.3 Å². The first-order valence-electron chi connectivity index (χ1n) is 9.49. The van der Waals surface area contributed by atoms with Gasteiger partial charge in [0.25, 0.3) is 0 Å². The molecule has 24 heavy (non-hydrogen) atoms. The van der Waals surface area contributed by atoms with E-state index < -0.39 is 0 Å². The van der Waals surface area contributed by atoms with Gasteiger partial charge in [-0.05, 0) is 45.2 Å². The smallest absolute Gasteiger partial charge is 0.0700 e. The fourth-order valence-corrected chi connectivity index (χ4v) is 1.52. The third-order valence-electron chi connectivity index (χ3n) is 2.68. The van der Waals surface area contributed by atoms with Gasteiger partial charge in [-0.2, -0.15) is 0 Å². The number of rotatable bonds is 13. The van der Waals surface area contributed by atoms with E-state index in [4.69, 9.17) is 9.47 Å². The van der Waals surface area contributed by atoms with Gasteiger partial charge in [0.15, 0.2) is 0 Å². The van der Waals surface area contributed by atoms with Crippen LogP contribution in [0.25, 0.3) is 0 Å². The second-order valence-electron chi connectivity index (χ2n) is 4.11. The number of allylic oxidation sites excluding steroid dienone is 1. The molecule has 1 N–H and O–H groups in total. The maximum absolute atomic E-state index is 5.45. The lowest BCUT2D eigenvalue weighted by Crippen LogP contribution is -2.17. The first-order chi connectivity index (χ1) is 11.8. The minimum Gasteiger partial charge on any atom is -0.379 e. The second kappa shape index (κ2) is 38.0. The van der Waals surface area contributed by atoms with Crippen molar-refractivity contribution in [1.29, 1.82) is 0 Å². The second-order valence-corrected chi connectivity index (χ2v) is 4.11. The Labute approximate surface area is 153 Å². The molecule has 0 saturated heterocycles. The molecule has 0 aromatic carbocycles. The van der Waals surface area contributed by atoms with Crippen molar-refractivity contribution in [3.05, 3.63) is 37.5 Å². The third-order valence-corrected chi connectivity index (χ3v) is 2.68. The summed E-state index contributed by atoms with van der Waals surface area (Å²) in [5.74, 6) is 0. The summed E-state index contributed by atoms with van der Waals surface area (Å²) < 4.78 is 10.6. The Morgan fingerprint density at radius 3 is 2.00 bits per heavy atom. The molecule has 3 heteroatoms. The molecular formula is C21H45NO2. The van der Waals surface area contributed by atoms with Crippen molar-refractivity contribution in [2.24, 2.45) is 0 Å². The molecule has 3 nitrogen and oxygen atoms in total. The molecule has 0 bridgehead atoms. The van der Waals surface area contributed by atoms with Gasteiger partial charge < -0.3 is 14.8 Å². The minimum absolute atomic E-state index is 0.714. The summed E-state index contributed by atoms with van der Waals surface area (Å²) in [6.07, 6.45) is 7.53.